The molecule has 2 rings (SSSR count). The molecule has 106 valence electrons. The second-order valence-corrected chi connectivity index (χ2v) is 5.54. The van der Waals surface area contributed by atoms with Gasteiger partial charge in [0.25, 0.3) is 0 Å². The molecule has 2 aromatic carbocycles. The van der Waals surface area contributed by atoms with Crippen molar-refractivity contribution in [3.63, 3.8) is 0 Å². The summed E-state index contributed by atoms with van der Waals surface area (Å²) < 4.78 is 6.16. The first-order valence-corrected chi connectivity index (χ1v) is 7.21. The third-order valence-corrected chi connectivity index (χ3v) is 3.67. The molecule has 20 heavy (non-hydrogen) atoms. The number of nitrogens with one attached hydrogen (secondary N) is 1. The molecule has 0 radical (unpaired) electrons. The average molecular weight is 336 g/mol. The summed E-state index contributed by atoms with van der Waals surface area (Å²) in [7, 11) is 1.63. The monoisotopic (exact) mass is 335 g/mol. The van der Waals surface area contributed by atoms with Crippen LogP contribution in [0.3, 0.4) is 0 Å². The molecule has 2 N–H and O–H groups in total. The highest BCUT2D eigenvalue weighted by atomic mass is 79.9. The smallest absolute Gasteiger partial charge is 0.118 e. The molecule has 0 spiro atoms. The van der Waals surface area contributed by atoms with Crippen molar-refractivity contribution in [1.82, 2.24) is 0 Å². The SMILES string of the molecule is COc1ccc(C(O)CNc2ccc(Br)cc2C)cc1. The average Bonchev–Trinajstić information content (AvgIpc) is 2.46. The quantitative estimate of drug-likeness (QED) is 0.870. The van der Waals surface area contributed by atoms with Gasteiger partial charge in [-0.25, -0.2) is 0 Å². The van der Waals surface area contributed by atoms with Crippen molar-refractivity contribution in [1.29, 1.82) is 0 Å². The van der Waals surface area contributed by atoms with Gasteiger partial charge in [-0.05, 0) is 48.4 Å². The molecule has 1 atom stereocenters. The van der Waals surface area contributed by atoms with E-state index in [2.05, 4.69) is 21.2 Å². The number of aryl methyl sites for hydroxylation is 1. The van der Waals surface area contributed by atoms with Gasteiger partial charge in [0, 0.05) is 16.7 Å². The summed E-state index contributed by atoms with van der Waals surface area (Å²) in [5.41, 5.74) is 3.04. The zero-order chi connectivity index (χ0) is 14.5. The van der Waals surface area contributed by atoms with Gasteiger partial charge in [-0.15, -0.1) is 0 Å². The van der Waals surface area contributed by atoms with E-state index in [0.29, 0.717) is 6.54 Å². The zero-order valence-corrected chi connectivity index (χ0v) is 13.1. The van der Waals surface area contributed by atoms with Gasteiger partial charge < -0.3 is 15.2 Å². The van der Waals surface area contributed by atoms with Crippen LogP contribution in [0, 0.1) is 6.92 Å². The fourth-order valence-corrected chi connectivity index (χ4v) is 2.45. The molecule has 2 aromatic rings. The van der Waals surface area contributed by atoms with Gasteiger partial charge >= 0.3 is 0 Å². The maximum Gasteiger partial charge on any atom is 0.118 e. The van der Waals surface area contributed by atoms with Crippen LogP contribution in [0.25, 0.3) is 0 Å². The Kier molecular flexibility index (Phi) is 5.04. The van der Waals surface area contributed by atoms with E-state index < -0.39 is 6.10 Å². The van der Waals surface area contributed by atoms with E-state index in [0.717, 1.165) is 27.0 Å². The number of rotatable bonds is 5. The number of methoxy groups -OCH3 is 1. The third kappa shape index (κ3) is 3.74. The molecular weight excluding hydrogens is 318 g/mol. The molecule has 0 aliphatic heterocycles. The topological polar surface area (TPSA) is 41.5 Å². The summed E-state index contributed by atoms with van der Waals surface area (Å²) in [6.07, 6.45) is -0.552. The molecule has 0 saturated carbocycles. The normalized spacial score (nSPS) is 12.0. The van der Waals surface area contributed by atoms with Gasteiger partial charge in [-0.2, -0.15) is 0 Å². The minimum absolute atomic E-state index is 0.467. The van der Waals surface area contributed by atoms with Gasteiger partial charge in [0.2, 0.25) is 0 Å². The van der Waals surface area contributed by atoms with Crippen LogP contribution in [-0.2, 0) is 0 Å². The van der Waals surface area contributed by atoms with Crippen molar-refractivity contribution >= 4 is 21.6 Å². The molecule has 0 saturated heterocycles. The van der Waals surface area contributed by atoms with Gasteiger partial charge in [0.05, 0.1) is 13.2 Å². The Labute approximate surface area is 127 Å². The molecule has 3 nitrogen and oxygen atoms in total. The van der Waals surface area contributed by atoms with E-state index in [9.17, 15) is 5.11 Å². The minimum Gasteiger partial charge on any atom is -0.497 e. The summed E-state index contributed by atoms with van der Waals surface area (Å²) in [5, 5.41) is 13.4. The van der Waals surface area contributed by atoms with Gasteiger partial charge in [-0.1, -0.05) is 28.1 Å². The van der Waals surface area contributed by atoms with E-state index in [1.54, 1.807) is 7.11 Å². The van der Waals surface area contributed by atoms with E-state index in [1.165, 1.54) is 0 Å². The molecule has 4 heteroatoms. The molecule has 0 aliphatic carbocycles. The lowest BCUT2D eigenvalue weighted by molar-refractivity contribution is 0.191. The number of anilines is 1. The number of aliphatic hydroxyl groups excluding tert-OH is 1. The van der Waals surface area contributed by atoms with Crippen molar-refractivity contribution in [3.05, 3.63) is 58.1 Å². The van der Waals surface area contributed by atoms with Crippen molar-refractivity contribution < 1.29 is 9.84 Å². The summed E-state index contributed by atoms with van der Waals surface area (Å²) in [4.78, 5) is 0. The highest BCUT2D eigenvalue weighted by Crippen LogP contribution is 2.22. The van der Waals surface area contributed by atoms with Crippen LogP contribution in [0.15, 0.2) is 46.9 Å². The van der Waals surface area contributed by atoms with Crippen LogP contribution in [0.4, 0.5) is 5.69 Å². The lowest BCUT2D eigenvalue weighted by Gasteiger charge is -2.15. The maximum absolute atomic E-state index is 10.2. The lowest BCUT2D eigenvalue weighted by atomic mass is 10.1. The lowest BCUT2D eigenvalue weighted by Crippen LogP contribution is -2.12. The zero-order valence-electron chi connectivity index (χ0n) is 11.6. The van der Waals surface area contributed by atoms with Crippen LogP contribution in [0.2, 0.25) is 0 Å². The number of ether oxygens (including phenoxy) is 1. The highest BCUT2D eigenvalue weighted by molar-refractivity contribution is 9.10. The molecule has 0 bridgehead atoms. The summed E-state index contributed by atoms with van der Waals surface area (Å²) in [6.45, 7) is 2.50. The number of hydrogen-bond acceptors (Lipinski definition) is 3. The minimum atomic E-state index is -0.552. The van der Waals surface area contributed by atoms with E-state index in [-0.39, 0.29) is 0 Å². The Bertz CT molecular complexity index is 569. The second kappa shape index (κ2) is 6.77. The van der Waals surface area contributed by atoms with Gasteiger partial charge in [0.15, 0.2) is 0 Å². The van der Waals surface area contributed by atoms with Gasteiger partial charge in [-0.3, -0.25) is 0 Å². The molecule has 0 heterocycles. The number of benzene rings is 2. The Hall–Kier alpha value is -1.52. The fourth-order valence-electron chi connectivity index (χ4n) is 1.98. The molecule has 0 aliphatic rings. The number of aliphatic hydroxyl groups is 1. The van der Waals surface area contributed by atoms with Gasteiger partial charge in [0.1, 0.15) is 5.75 Å². The van der Waals surface area contributed by atoms with Crippen LogP contribution in [-0.4, -0.2) is 18.8 Å². The molecule has 0 fully saturated rings. The Morgan fingerprint density at radius 2 is 1.90 bits per heavy atom. The molecule has 0 amide bonds. The predicted octanol–water partition coefficient (Wildman–Crippen LogP) is 3.91. The Morgan fingerprint density at radius 1 is 1.20 bits per heavy atom. The molecule has 0 aromatic heterocycles. The maximum atomic E-state index is 10.2. The van der Waals surface area contributed by atoms with E-state index >= 15 is 0 Å². The van der Waals surface area contributed by atoms with Crippen molar-refractivity contribution in [2.75, 3.05) is 19.0 Å². The summed E-state index contributed by atoms with van der Waals surface area (Å²) in [5.74, 6) is 0.790. The predicted molar refractivity (Wildman–Crippen MR) is 85.3 cm³/mol. The third-order valence-electron chi connectivity index (χ3n) is 3.17. The van der Waals surface area contributed by atoms with Crippen molar-refractivity contribution in [2.24, 2.45) is 0 Å². The molecule has 1 unspecified atom stereocenters. The first kappa shape index (κ1) is 14.9. The second-order valence-electron chi connectivity index (χ2n) is 4.63. The largest absolute Gasteiger partial charge is 0.497 e. The number of hydrogen-bond donors (Lipinski definition) is 2. The van der Waals surface area contributed by atoms with E-state index in [1.807, 2.05) is 49.4 Å². The van der Waals surface area contributed by atoms with Crippen molar-refractivity contribution in [3.8, 4) is 5.75 Å². The highest BCUT2D eigenvalue weighted by Gasteiger charge is 2.08. The molecular formula is C16H18BrNO2. The number of halogens is 1. The summed E-state index contributed by atoms with van der Waals surface area (Å²) in [6, 6.07) is 13.5. The van der Waals surface area contributed by atoms with E-state index in [4.69, 9.17) is 4.74 Å². The van der Waals surface area contributed by atoms with Crippen molar-refractivity contribution in [2.45, 2.75) is 13.0 Å². The Morgan fingerprint density at radius 3 is 2.50 bits per heavy atom. The fraction of sp³-hybridized carbons (Fsp3) is 0.250. The standard InChI is InChI=1S/C16H18BrNO2/c1-11-9-13(17)5-8-15(11)18-10-16(19)12-3-6-14(20-2)7-4-12/h3-9,16,18-19H,10H2,1-2H3. The first-order valence-electron chi connectivity index (χ1n) is 6.42. The summed E-state index contributed by atoms with van der Waals surface area (Å²) >= 11 is 3.44. The van der Waals surface area contributed by atoms with Crippen LogP contribution >= 0.6 is 15.9 Å². The first-order chi connectivity index (χ1) is 9.60. The van der Waals surface area contributed by atoms with Crippen LogP contribution in [0.5, 0.6) is 5.75 Å². The Balaban J connectivity index is 1.98. The van der Waals surface area contributed by atoms with Crippen LogP contribution in [0.1, 0.15) is 17.2 Å². The van der Waals surface area contributed by atoms with Crippen LogP contribution < -0.4 is 10.1 Å².